The summed E-state index contributed by atoms with van der Waals surface area (Å²) < 4.78 is 0. The smallest absolute Gasteiger partial charge is 0.271 e. The molecule has 25 heavy (non-hydrogen) atoms. The van der Waals surface area contributed by atoms with Crippen molar-refractivity contribution < 1.29 is 4.79 Å². The fourth-order valence-electron chi connectivity index (χ4n) is 3.39. The van der Waals surface area contributed by atoms with Gasteiger partial charge in [-0.25, -0.2) is 5.43 Å². The van der Waals surface area contributed by atoms with Crippen molar-refractivity contribution in [3.05, 3.63) is 77.0 Å². The fourth-order valence-corrected chi connectivity index (χ4v) is 3.39. The molecule has 0 unspecified atom stereocenters. The van der Waals surface area contributed by atoms with Crippen molar-refractivity contribution >= 4 is 17.8 Å². The van der Waals surface area contributed by atoms with Crippen molar-refractivity contribution in [2.24, 2.45) is 5.10 Å². The van der Waals surface area contributed by atoms with Crippen molar-refractivity contribution in [3.63, 3.8) is 0 Å². The van der Waals surface area contributed by atoms with Gasteiger partial charge in [-0.05, 0) is 36.3 Å². The number of hydrogen-bond acceptors (Lipinski definition) is 3. The van der Waals surface area contributed by atoms with Gasteiger partial charge in [-0.1, -0.05) is 50.2 Å². The summed E-state index contributed by atoms with van der Waals surface area (Å²) in [6.07, 6.45) is 3.60. The van der Waals surface area contributed by atoms with E-state index < -0.39 is 0 Å². The summed E-state index contributed by atoms with van der Waals surface area (Å²) in [5.74, 6) is -0.199. The molecular formula is C21H23N3O. The Hall–Kier alpha value is -2.88. The average molecular weight is 333 g/mol. The molecule has 2 aromatic carbocycles. The van der Waals surface area contributed by atoms with Crippen LogP contribution in [0.15, 0.2) is 65.4 Å². The number of hydrogen-bond donors (Lipinski definition) is 1. The maximum atomic E-state index is 12.2. The predicted molar refractivity (Wildman–Crippen MR) is 103 cm³/mol. The van der Waals surface area contributed by atoms with Crippen LogP contribution in [0.2, 0.25) is 0 Å². The Morgan fingerprint density at radius 1 is 1.12 bits per heavy atom. The molecule has 0 atom stereocenters. The minimum atomic E-state index is -0.199. The molecule has 0 spiro atoms. The monoisotopic (exact) mass is 333 g/mol. The highest BCUT2D eigenvalue weighted by Gasteiger charge is 2.37. The van der Waals surface area contributed by atoms with E-state index in [1.165, 1.54) is 11.3 Å². The summed E-state index contributed by atoms with van der Waals surface area (Å²) in [5, 5.41) is 4.09. The zero-order chi connectivity index (χ0) is 18.0. The van der Waals surface area contributed by atoms with Crippen molar-refractivity contribution in [1.29, 1.82) is 0 Å². The molecule has 0 aromatic heterocycles. The molecule has 4 heteroatoms. The maximum absolute atomic E-state index is 12.2. The van der Waals surface area contributed by atoms with Gasteiger partial charge in [0.2, 0.25) is 0 Å². The van der Waals surface area contributed by atoms with E-state index >= 15 is 0 Å². The van der Waals surface area contributed by atoms with Gasteiger partial charge in [-0.3, -0.25) is 4.79 Å². The van der Waals surface area contributed by atoms with Crippen molar-refractivity contribution in [2.45, 2.75) is 26.2 Å². The first kappa shape index (κ1) is 17.0. The molecule has 0 aliphatic carbocycles. The van der Waals surface area contributed by atoms with Gasteiger partial charge in [0.05, 0.1) is 0 Å². The van der Waals surface area contributed by atoms with Crippen LogP contribution in [0.4, 0.5) is 5.69 Å². The van der Waals surface area contributed by atoms with Crippen LogP contribution in [-0.4, -0.2) is 19.2 Å². The van der Waals surface area contributed by atoms with Crippen molar-refractivity contribution in [3.8, 4) is 0 Å². The predicted octanol–water partition coefficient (Wildman–Crippen LogP) is 4.02. The normalized spacial score (nSPS) is 17.1. The van der Waals surface area contributed by atoms with Gasteiger partial charge in [0.15, 0.2) is 0 Å². The number of hydrazone groups is 1. The van der Waals surface area contributed by atoms with Crippen LogP contribution in [0.1, 0.15) is 35.3 Å². The summed E-state index contributed by atoms with van der Waals surface area (Å²) in [6.45, 7) is 6.30. The minimum Gasteiger partial charge on any atom is -0.347 e. The topological polar surface area (TPSA) is 44.7 Å². The van der Waals surface area contributed by atoms with E-state index in [2.05, 4.69) is 54.5 Å². The van der Waals surface area contributed by atoms with E-state index in [4.69, 9.17) is 0 Å². The second-order valence-electron chi connectivity index (χ2n) is 6.79. The Kier molecular flexibility index (Phi) is 4.45. The Bertz CT molecular complexity index is 865. The third kappa shape index (κ3) is 3.07. The zero-order valence-corrected chi connectivity index (χ0v) is 15.1. The Morgan fingerprint density at radius 3 is 2.52 bits per heavy atom. The lowest BCUT2D eigenvalue weighted by molar-refractivity contribution is 0.0954. The van der Waals surface area contributed by atoms with E-state index in [1.807, 2.05) is 37.3 Å². The first-order chi connectivity index (χ1) is 11.9. The summed E-state index contributed by atoms with van der Waals surface area (Å²) in [6, 6.07) is 15.9. The third-order valence-corrected chi connectivity index (χ3v) is 4.80. The Balaban J connectivity index is 1.75. The number of benzene rings is 2. The zero-order valence-electron chi connectivity index (χ0n) is 15.1. The van der Waals surface area contributed by atoms with Crippen LogP contribution < -0.4 is 10.3 Å². The lowest BCUT2D eigenvalue weighted by Crippen LogP contribution is -2.23. The molecule has 0 saturated carbocycles. The van der Waals surface area contributed by atoms with E-state index in [9.17, 15) is 4.79 Å². The number of allylic oxidation sites excluding steroid dienone is 2. The molecule has 2 aromatic rings. The molecular weight excluding hydrogens is 310 g/mol. The highest BCUT2D eigenvalue weighted by atomic mass is 16.2. The number of carbonyl (C=O) groups excluding carboxylic acids is 1. The quantitative estimate of drug-likeness (QED) is 0.681. The number of fused-ring (bicyclic) bond motifs is 1. The van der Waals surface area contributed by atoms with Crippen LogP contribution in [0.3, 0.4) is 0 Å². The molecule has 0 bridgehead atoms. The molecule has 1 amide bonds. The van der Waals surface area contributed by atoms with E-state index in [0.29, 0.717) is 5.56 Å². The van der Waals surface area contributed by atoms with Gasteiger partial charge in [0.25, 0.3) is 5.91 Å². The number of anilines is 1. The van der Waals surface area contributed by atoms with Crippen LogP contribution in [0.25, 0.3) is 0 Å². The van der Waals surface area contributed by atoms with Crippen LogP contribution >= 0.6 is 0 Å². The lowest BCUT2D eigenvalue weighted by Gasteiger charge is -2.23. The lowest BCUT2D eigenvalue weighted by atomic mass is 9.84. The summed E-state index contributed by atoms with van der Waals surface area (Å²) in [5.41, 5.74) is 7.70. The Labute approximate surface area is 148 Å². The van der Waals surface area contributed by atoms with Gasteiger partial charge in [0.1, 0.15) is 0 Å². The number of likely N-dealkylation sites (N-methyl/N-ethyl adjacent to an activating group) is 1. The second-order valence-corrected chi connectivity index (χ2v) is 6.79. The van der Waals surface area contributed by atoms with Crippen LogP contribution in [-0.2, 0) is 5.41 Å². The fraction of sp³-hybridized carbons (Fsp3) is 0.238. The SMILES string of the molecule is Cc1ccccc1C(=O)N/N=C\C=C1\N(C)c2ccccc2C1(C)C. The molecule has 0 saturated heterocycles. The highest BCUT2D eigenvalue weighted by molar-refractivity contribution is 5.96. The molecule has 1 heterocycles. The van der Waals surface area contributed by atoms with Crippen LogP contribution in [0.5, 0.6) is 0 Å². The molecule has 128 valence electrons. The number of carbonyl (C=O) groups is 1. The number of rotatable bonds is 3. The molecule has 0 fully saturated rings. The highest BCUT2D eigenvalue weighted by Crippen LogP contribution is 2.46. The minimum absolute atomic E-state index is 0.0998. The van der Waals surface area contributed by atoms with Crippen molar-refractivity contribution in [1.82, 2.24) is 5.43 Å². The number of nitrogens with one attached hydrogen (secondary N) is 1. The standard InChI is InChI=1S/C21H23N3O/c1-15-9-5-6-10-16(15)20(25)23-22-14-13-19-21(2,3)17-11-7-8-12-18(17)24(19)4/h5-14H,1-4H3,(H,23,25)/b19-13+,22-14-. The van der Waals surface area contributed by atoms with Crippen molar-refractivity contribution in [2.75, 3.05) is 11.9 Å². The van der Waals surface area contributed by atoms with Gasteiger partial charge < -0.3 is 4.90 Å². The summed E-state index contributed by atoms with van der Waals surface area (Å²) in [4.78, 5) is 14.3. The number of nitrogens with zero attached hydrogens (tertiary/aromatic N) is 2. The second kappa shape index (κ2) is 6.55. The first-order valence-corrected chi connectivity index (χ1v) is 8.36. The maximum Gasteiger partial charge on any atom is 0.271 e. The average Bonchev–Trinajstić information content (AvgIpc) is 2.79. The molecule has 1 aliphatic rings. The van der Waals surface area contributed by atoms with Gasteiger partial charge in [-0.2, -0.15) is 5.10 Å². The molecule has 1 aliphatic heterocycles. The van der Waals surface area contributed by atoms with Gasteiger partial charge >= 0.3 is 0 Å². The van der Waals surface area contributed by atoms with E-state index in [0.717, 1.165) is 11.3 Å². The largest absolute Gasteiger partial charge is 0.347 e. The van der Waals surface area contributed by atoms with E-state index in [-0.39, 0.29) is 11.3 Å². The number of para-hydroxylation sites is 1. The molecule has 1 N–H and O–H groups in total. The van der Waals surface area contributed by atoms with Crippen LogP contribution in [0, 0.1) is 6.92 Å². The number of aryl methyl sites for hydroxylation is 1. The molecule has 4 nitrogen and oxygen atoms in total. The van der Waals surface area contributed by atoms with E-state index in [1.54, 1.807) is 12.3 Å². The third-order valence-electron chi connectivity index (χ3n) is 4.80. The Morgan fingerprint density at radius 2 is 1.80 bits per heavy atom. The molecule has 3 rings (SSSR count). The van der Waals surface area contributed by atoms with Gasteiger partial charge in [0, 0.05) is 35.6 Å². The first-order valence-electron chi connectivity index (χ1n) is 8.36. The molecule has 0 radical (unpaired) electrons. The summed E-state index contributed by atoms with van der Waals surface area (Å²) >= 11 is 0. The summed E-state index contributed by atoms with van der Waals surface area (Å²) in [7, 11) is 2.05. The number of amides is 1. The van der Waals surface area contributed by atoms with Gasteiger partial charge in [-0.15, -0.1) is 0 Å².